The van der Waals surface area contributed by atoms with Crippen molar-refractivity contribution in [2.24, 2.45) is 5.73 Å². The molecule has 0 aliphatic carbocycles. The van der Waals surface area contributed by atoms with Crippen LogP contribution in [0.4, 0.5) is 4.79 Å². The van der Waals surface area contributed by atoms with Gasteiger partial charge < -0.3 is 15.4 Å². The Morgan fingerprint density at radius 3 is 2.92 bits per heavy atom. The van der Waals surface area contributed by atoms with Gasteiger partial charge in [-0.25, -0.2) is 4.79 Å². The third-order valence-electron chi connectivity index (χ3n) is 1.98. The molecule has 1 aliphatic rings. The quantitative estimate of drug-likeness (QED) is 0.620. The van der Waals surface area contributed by atoms with Crippen molar-refractivity contribution >= 4 is 6.09 Å². The molecule has 0 unspecified atom stereocenters. The number of hydrogen-bond acceptors (Lipinski definition) is 3. The number of piperidine rings is 1. The predicted octanol–water partition coefficient (Wildman–Crippen LogP) is 1.08. The standard InChI is InChI=1S/C9H16N2O2/c1-7(2)13-9(12)11-5-3-4-8(10)6-11/h8H,1,3-6,10H2,2H3/t8-/m0/s1. The average molecular weight is 184 g/mol. The maximum atomic E-state index is 11.3. The van der Waals surface area contributed by atoms with Gasteiger partial charge >= 0.3 is 6.09 Å². The molecule has 0 aromatic heterocycles. The Labute approximate surface area is 78.3 Å². The van der Waals surface area contributed by atoms with Crippen LogP contribution < -0.4 is 5.73 Å². The predicted molar refractivity (Wildman–Crippen MR) is 50.1 cm³/mol. The lowest BCUT2D eigenvalue weighted by atomic mass is 10.1. The molecule has 1 fully saturated rings. The van der Waals surface area contributed by atoms with E-state index >= 15 is 0 Å². The fraction of sp³-hybridized carbons (Fsp3) is 0.667. The maximum absolute atomic E-state index is 11.3. The SMILES string of the molecule is C=C(C)OC(=O)N1CCC[C@H](N)C1. The molecule has 1 aliphatic heterocycles. The molecule has 0 saturated carbocycles. The van der Waals surface area contributed by atoms with Crippen LogP contribution in [0.5, 0.6) is 0 Å². The van der Waals surface area contributed by atoms with Crippen molar-refractivity contribution in [3.63, 3.8) is 0 Å². The molecule has 0 radical (unpaired) electrons. The number of amides is 1. The van der Waals surface area contributed by atoms with E-state index in [-0.39, 0.29) is 12.1 Å². The van der Waals surface area contributed by atoms with Gasteiger partial charge in [-0.05, 0) is 19.8 Å². The summed E-state index contributed by atoms with van der Waals surface area (Å²) in [6.07, 6.45) is 1.60. The molecule has 4 nitrogen and oxygen atoms in total. The molecule has 0 aromatic rings. The van der Waals surface area contributed by atoms with E-state index in [0.717, 1.165) is 19.4 Å². The number of allylic oxidation sites excluding steroid dienone is 1. The number of ether oxygens (including phenoxy) is 1. The first-order valence-electron chi connectivity index (χ1n) is 4.47. The molecular weight excluding hydrogens is 168 g/mol. The zero-order valence-corrected chi connectivity index (χ0v) is 7.95. The summed E-state index contributed by atoms with van der Waals surface area (Å²) >= 11 is 0. The molecule has 1 heterocycles. The van der Waals surface area contributed by atoms with Gasteiger partial charge in [0.15, 0.2) is 0 Å². The Hall–Kier alpha value is -1.03. The van der Waals surface area contributed by atoms with E-state index in [9.17, 15) is 4.79 Å². The lowest BCUT2D eigenvalue weighted by Gasteiger charge is -2.29. The number of hydrogen-bond donors (Lipinski definition) is 1. The van der Waals surface area contributed by atoms with Crippen molar-refractivity contribution in [3.05, 3.63) is 12.3 Å². The van der Waals surface area contributed by atoms with Crippen molar-refractivity contribution in [1.82, 2.24) is 4.90 Å². The lowest BCUT2D eigenvalue weighted by Crippen LogP contribution is -2.45. The highest BCUT2D eigenvalue weighted by Gasteiger charge is 2.22. The number of likely N-dealkylation sites (tertiary alicyclic amines) is 1. The molecule has 0 bridgehead atoms. The van der Waals surface area contributed by atoms with Gasteiger partial charge in [-0.15, -0.1) is 0 Å². The molecule has 0 aromatic carbocycles. The first-order valence-corrected chi connectivity index (χ1v) is 4.47. The minimum absolute atomic E-state index is 0.0893. The van der Waals surface area contributed by atoms with E-state index in [2.05, 4.69) is 6.58 Å². The number of carbonyl (C=O) groups is 1. The summed E-state index contributed by atoms with van der Waals surface area (Å²) < 4.78 is 4.88. The minimum Gasteiger partial charge on any atom is -0.416 e. The van der Waals surface area contributed by atoms with Crippen LogP contribution >= 0.6 is 0 Å². The molecule has 1 amide bonds. The number of nitrogens with two attached hydrogens (primary N) is 1. The largest absolute Gasteiger partial charge is 0.416 e. The van der Waals surface area contributed by atoms with Crippen LogP contribution in [-0.4, -0.2) is 30.1 Å². The van der Waals surface area contributed by atoms with Gasteiger partial charge in [0.2, 0.25) is 0 Å². The molecule has 1 atom stereocenters. The van der Waals surface area contributed by atoms with E-state index in [4.69, 9.17) is 10.5 Å². The molecule has 4 heteroatoms. The highest BCUT2D eigenvalue weighted by molar-refractivity contribution is 5.68. The smallest absolute Gasteiger partial charge is 0.414 e. The molecule has 2 N–H and O–H groups in total. The summed E-state index contributed by atoms with van der Waals surface area (Å²) in [7, 11) is 0. The summed E-state index contributed by atoms with van der Waals surface area (Å²) in [6, 6.07) is 0.0893. The second-order valence-corrected chi connectivity index (χ2v) is 3.42. The molecular formula is C9H16N2O2. The highest BCUT2D eigenvalue weighted by Crippen LogP contribution is 2.10. The Kier molecular flexibility index (Phi) is 3.31. The molecule has 1 rings (SSSR count). The Morgan fingerprint density at radius 1 is 1.69 bits per heavy atom. The van der Waals surface area contributed by atoms with Crippen LogP contribution in [0.2, 0.25) is 0 Å². The van der Waals surface area contributed by atoms with Gasteiger partial charge in [-0.1, -0.05) is 6.58 Å². The maximum Gasteiger partial charge on any atom is 0.414 e. The van der Waals surface area contributed by atoms with Crippen LogP contribution in [0.25, 0.3) is 0 Å². The van der Waals surface area contributed by atoms with E-state index < -0.39 is 0 Å². The average Bonchev–Trinajstić information content (AvgIpc) is 2.03. The summed E-state index contributed by atoms with van der Waals surface area (Å²) in [5, 5.41) is 0. The zero-order chi connectivity index (χ0) is 9.84. The van der Waals surface area contributed by atoms with Crippen LogP contribution in [0.3, 0.4) is 0 Å². The Morgan fingerprint density at radius 2 is 2.38 bits per heavy atom. The third kappa shape index (κ3) is 3.06. The Bertz CT molecular complexity index is 216. The highest BCUT2D eigenvalue weighted by atomic mass is 16.6. The zero-order valence-electron chi connectivity index (χ0n) is 7.95. The van der Waals surface area contributed by atoms with Crippen molar-refractivity contribution in [3.8, 4) is 0 Å². The normalized spacial score (nSPS) is 22.6. The van der Waals surface area contributed by atoms with Crippen molar-refractivity contribution < 1.29 is 9.53 Å². The second kappa shape index (κ2) is 4.28. The summed E-state index contributed by atoms with van der Waals surface area (Å²) in [5.41, 5.74) is 5.72. The first kappa shape index (κ1) is 10.1. The van der Waals surface area contributed by atoms with Crippen molar-refractivity contribution in [2.45, 2.75) is 25.8 Å². The minimum atomic E-state index is -0.331. The fourth-order valence-electron chi connectivity index (χ4n) is 1.39. The van der Waals surface area contributed by atoms with Gasteiger partial charge in [-0.2, -0.15) is 0 Å². The topological polar surface area (TPSA) is 55.6 Å². The van der Waals surface area contributed by atoms with Gasteiger partial charge in [0.05, 0.1) is 5.76 Å². The molecule has 74 valence electrons. The van der Waals surface area contributed by atoms with Gasteiger partial charge in [0.1, 0.15) is 0 Å². The summed E-state index contributed by atoms with van der Waals surface area (Å²) in [5.74, 6) is 0.421. The first-order chi connectivity index (χ1) is 6.09. The molecule has 13 heavy (non-hydrogen) atoms. The Balaban J connectivity index is 2.41. The monoisotopic (exact) mass is 184 g/mol. The van der Waals surface area contributed by atoms with Gasteiger partial charge in [-0.3, -0.25) is 0 Å². The van der Waals surface area contributed by atoms with E-state index in [0.29, 0.717) is 12.3 Å². The number of nitrogens with zero attached hydrogens (tertiary/aromatic N) is 1. The summed E-state index contributed by atoms with van der Waals surface area (Å²) in [4.78, 5) is 13.0. The third-order valence-corrected chi connectivity index (χ3v) is 1.98. The van der Waals surface area contributed by atoms with Crippen LogP contribution in [0.1, 0.15) is 19.8 Å². The summed E-state index contributed by atoms with van der Waals surface area (Å²) in [6.45, 7) is 6.49. The van der Waals surface area contributed by atoms with Crippen LogP contribution in [0, 0.1) is 0 Å². The van der Waals surface area contributed by atoms with Crippen molar-refractivity contribution in [1.29, 1.82) is 0 Å². The van der Waals surface area contributed by atoms with Crippen molar-refractivity contribution in [2.75, 3.05) is 13.1 Å². The van der Waals surface area contributed by atoms with Gasteiger partial charge in [0, 0.05) is 19.1 Å². The van der Waals surface area contributed by atoms with E-state index in [1.807, 2.05) is 0 Å². The van der Waals surface area contributed by atoms with E-state index in [1.165, 1.54) is 0 Å². The number of carbonyl (C=O) groups excluding carboxylic acids is 1. The number of rotatable bonds is 1. The molecule has 0 spiro atoms. The lowest BCUT2D eigenvalue weighted by molar-refractivity contribution is 0.116. The van der Waals surface area contributed by atoms with E-state index in [1.54, 1.807) is 11.8 Å². The molecule has 1 saturated heterocycles. The van der Waals surface area contributed by atoms with Crippen LogP contribution in [0.15, 0.2) is 12.3 Å². The van der Waals surface area contributed by atoms with Gasteiger partial charge in [0.25, 0.3) is 0 Å². The second-order valence-electron chi connectivity index (χ2n) is 3.42. The fourth-order valence-corrected chi connectivity index (χ4v) is 1.39. The van der Waals surface area contributed by atoms with Crippen LogP contribution in [-0.2, 0) is 4.74 Å².